The highest BCUT2D eigenvalue weighted by atomic mass is 79.9. The Morgan fingerprint density at radius 1 is 1.11 bits per heavy atom. The van der Waals surface area contributed by atoms with Crippen LogP contribution >= 0.6 is 15.9 Å². The Kier molecular flexibility index (Phi) is 4.84. The highest BCUT2D eigenvalue weighted by Gasteiger charge is 2.02. The quantitative estimate of drug-likeness (QED) is 0.883. The van der Waals surface area contributed by atoms with Crippen molar-refractivity contribution in [1.29, 1.82) is 0 Å². The summed E-state index contributed by atoms with van der Waals surface area (Å²) in [6, 6.07) is 11.7. The maximum atomic E-state index is 5.63. The van der Waals surface area contributed by atoms with Crippen LogP contribution < -0.4 is 10.1 Å². The molecule has 1 N–H and O–H groups in total. The van der Waals surface area contributed by atoms with Crippen LogP contribution in [0.5, 0.6) is 5.75 Å². The minimum atomic E-state index is 0.452. The molecule has 0 aliphatic heterocycles. The molecule has 1 heterocycles. The Morgan fingerprint density at radius 3 is 2.56 bits per heavy atom. The second kappa shape index (κ2) is 6.61. The first-order valence-electron chi connectivity index (χ1n) is 5.94. The van der Waals surface area contributed by atoms with Crippen LogP contribution in [-0.4, -0.2) is 6.54 Å². The summed E-state index contributed by atoms with van der Waals surface area (Å²) in [6.45, 7) is 4.22. The summed E-state index contributed by atoms with van der Waals surface area (Å²) in [6.07, 6.45) is 0. The van der Waals surface area contributed by atoms with Gasteiger partial charge in [0.15, 0.2) is 0 Å². The zero-order valence-corrected chi connectivity index (χ0v) is 11.9. The lowest BCUT2D eigenvalue weighted by Crippen LogP contribution is -2.10. The monoisotopic (exact) mass is 309 g/mol. The average molecular weight is 310 g/mol. The molecule has 0 saturated heterocycles. The van der Waals surface area contributed by atoms with E-state index in [2.05, 4.69) is 28.2 Å². The molecule has 0 saturated carbocycles. The Balaban J connectivity index is 1.86. The largest absolute Gasteiger partial charge is 0.486 e. The topological polar surface area (TPSA) is 34.4 Å². The number of nitrogens with one attached hydrogen (secondary N) is 1. The van der Waals surface area contributed by atoms with Gasteiger partial charge in [-0.3, -0.25) is 0 Å². The lowest BCUT2D eigenvalue weighted by atomic mass is 10.3. The molecular formula is C14H16BrNO2. The van der Waals surface area contributed by atoms with Gasteiger partial charge in [0, 0.05) is 4.47 Å². The van der Waals surface area contributed by atoms with Crippen molar-refractivity contribution >= 4 is 15.9 Å². The van der Waals surface area contributed by atoms with Gasteiger partial charge in [0.1, 0.15) is 23.9 Å². The van der Waals surface area contributed by atoms with E-state index in [9.17, 15) is 0 Å². The third kappa shape index (κ3) is 3.89. The zero-order valence-electron chi connectivity index (χ0n) is 10.3. The molecule has 0 spiro atoms. The van der Waals surface area contributed by atoms with Gasteiger partial charge in [0.05, 0.1) is 6.54 Å². The third-order valence-corrected chi connectivity index (χ3v) is 2.99. The normalized spacial score (nSPS) is 10.6. The maximum Gasteiger partial charge on any atom is 0.146 e. The molecule has 0 radical (unpaired) electrons. The zero-order chi connectivity index (χ0) is 12.8. The van der Waals surface area contributed by atoms with Gasteiger partial charge in [-0.1, -0.05) is 22.9 Å². The van der Waals surface area contributed by atoms with Crippen LogP contribution in [-0.2, 0) is 13.2 Å². The molecule has 1 aromatic heterocycles. The molecule has 3 nitrogen and oxygen atoms in total. The van der Waals surface area contributed by atoms with Gasteiger partial charge >= 0.3 is 0 Å². The van der Waals surface area contributed by atoms with Crippen LogP contribution in [0.2, 0.25) is 0 Å². The fraction of sp³-hybridized carbons (Fsp3) is 0.286. The minimum Gasteiger partial charge on any atom is -0.486 e. The summed E-state index contributed by atoms with van der Waals surface area (Å²) < 4.78 is 12.3. The van der Waals surface area contributed by atoms with Gasteiger partial charge in [-0.05, 0) is 42.9 Å². The lowest BCUT2D eigenvalue weighted by Gasteiger charge is -2.04. The van der Waals surface area contributed by atoms with Gasteiger partial charge in [0.25, 0.3) is 0 Å². The number of rotatable bonds is 6. The molecular weight excluding hydrogens is 294 g/mol. The van der Waals surface area contributed by atoms with E-state index in [4.69, 9.17) is 9.15 Å². The Hall–Kier alpha value is -1.26. The number of halogens is 1. The third-order valence-electron chi connectivity index (χ3n) is 2.46. The number of furan rings is 1. The van der Waals surface area contributed by atoms with Gasteiger partial charge in [0.2, 0.25) is 0 Å². The van der Waals surface area contributed by atoms with Gasteiger partial charge in [-0.15, -0.1) is 0 Å². The van der Waals surface area contributed by atoms with E-state index in [1.165, 1.54) is 0 Å². The molecule has 1 aromatic carbocycles. The molecule has 0 atom stereocenters. The Labute approximate surface area is 115 Å². The van der Waals surface area contributed by atoms with Crippen molar-refractivity contribution < 1.29 is 9.15 Å². The SMILES string of the molecule is CCNCc1ccc(COc2ccc(Br)cc2)o1. The van der Waals surface area contributed by atoms with Crippen LogP contribution in [0.1, 0.15) is 18.4 Å². The number of benzene rings is 1. The number of ether oxygens (including phenoxy) is 1. The van der Waals surface area contributed by atoms with E-state index in [0.717, 1.165) is 34.8 Å². The molecule has 4 heteroatoms. The van der Waals surface area contributed by atoms with Crippen molar-refractivity contribution in [3.8, 4) is 5.75 Å². The molecule has 0 fully saturated rings. The number of hydrogen-bond donors (Lipinski definition) is 1. The summed E-state index contributed by atoms with van der Waals surface area (Å²) in [7, 11) is 0. The van der Waals surface area contributed by atoms with E-state index in [1.807, 2.05) is 36.4 Å². The molecule has 0 aliphatic rings. The van der Waals surface area contributed by atoms with Crippen LogP contribution in [0.25, 0.3) is 0 Å². The predicted octanol–water partition coefficient (Wildman–Crippen LogP) is 3.73. The van der Waals surface area contributed by atoms with Crippen LogP contribution in [0.3, 0.4) is 0 Å². The van der Waals surface area contributed by atoms with Crippen LogP contribution in [0.4, 0.5) is 0 Å². The second-order valence-electron chi connectivity index (χ2n) is 3.89. The van der Waals surface area contributed by atoms with E-state index >= 15 is 0 Å². The van der Waals surface area contributed by atoms with E-state index in [0.29, 0.717) is 6.61 Å². The first-order valence-corrected chi connectivity index (χ1v) is 6.74. The summed E-state index contributed by atoms with van der Waals surface area (Å²) in [5.41, 5.74) is 0. The van der Waals surface area contributed by atoms with Crippen molar-refractivity contribution in [3.05, 3.63) is 52.4 Å². The van der Waals surface area contributed by atoms with Gasteiger partial charge in [-0.2, -0.15) is 0 Å². The Morgan fingerprint density at radius 2 is 1.83 bits per heavy atom. The van der Waals surface area contributed by atoms with Crippen LogP contribution in [0.15, 0.2) is 45.3 Å². The molecule has 18 heavy (non-hydrogen) atoms. The minimum absolute atomic E-state index is 0.452. The fourth-order valence-electron chi connectivity index (χ4n) is 1.53. The molecule has 0 aliphatic carbocycles. The van der Waals surface area contributed by atoms with Crippen LogP contribution in [0, 0.1) is 0 Å². The maximum absolute atomic E-state index is 5.63. The first kappa shape index (κ1) is 13.2. The molecule has 0 amide bonds. The molecule has 96 valence electrons. The lowest BCUT2D eigenvalue weighted by molar-refractivity contribution is 0.265. The van der Waals surface area contributed by atoms with Crippen molar-refractivity contribution in [2.45, 2.75) is 20.1 Å². The molecule has 0 unspecified atom stereocenters. The highest BCUT2D eigenvalue weighted by Crippen LogP contribution is 2.18. The first-order chi connectivity index (χ1) is 8.78. The van der Waals surface area contributed by atoms with Crippen molar-refractivity contribution in [1.82, 2.24) is 5.32 Å². The van der Waals surface area contributed by atoms with Crippen molar-refractivity contribution in [2.24, 2.45) is 0 Å². The smallest absolute Gasteiger partial charge is 0.146 e. The molecule has 2 rings (SSSR count). The van der Waals surface area contributed by atoms with E-state index in [1.54, 1.807) is 0 Å². The summed E-state index contributed by atoms with van der Waals surface area (Å²) in [5.74, 6) is 2.61. The fourth-order valence-corrected chi connectivity index (χ4v) is 1.79. The van der Waals surface area contributed by atoms with Gasteiger partial charge in [-0.25, -0.2) is 0 Å². The molecule has 0 bridgehead atoms. The van der Waals surface area contributed by atoms with Crippen molar-refractivity contribution in [2.75, 3.05) is 6.54 Å². The summed E-state index contributed by atoms with van der Waals surface area (Å²) >= 11 is 3.39. The van der Waals surface area contributed by atoms with Crippen molar-refractivity contribution in [3.63, 3.8) is 0 Å². The Bertz CT molecular complexity index is 479. The highest BCUT2D eigenvalue weighted by molar-refractivity contribution is 9.10. The standard InChI is InChI=1S/C14H16BrNO2/c1-2-16-9-13-7-8-14(18-13)10-17-12-5-3-11(15)4-6-12/h3-8,16H,2,9-10H2,1H3. The summed E-state index contributed by atoms with van der Waals surface area (Å²) in [5, 5.41) is 3.22. The van der Waals surface area contributed by atoms with E-state index in [-0.39, 0.29) is 0 Å². The summed E-state index contributed by atoms with van der Waals surface area (Å²) in [4.78, 5) is 0. The average Bonchev–Trinajstić information content (AvgIpc) is 2.84. The van der Waals surface area contributed by atoms with E-state index < -0.39 is 0 Å². The number of hydrogen-bond acceptors (Lipinski definition) is 3. The predicted molar refractivity (Wildman–Crippen MR) is 74.6 cm³/mol. The van der Waals surface area contributed by atoms with Gasteiger partial charge < -0.3 is 14.5 Å². The second-order valence-corrected chi connectivity index (χ2v) is 4.81. The molecule has 2 aromatic rings.